The van der Waals surface area contributed by atoms with Crippen LogP contribution in [0.2, 0.25) is 0 Å². The third-order valence-corrected chi connectivity index (χ3v) is 5.49. The summed E-state index contributed by atoms with van der Waals surface area (Å²) in [6.07, 6.45) is 3.50. The van der Waals surface area contributed by atoms with Crippen LogP contribution in [-0.2, 0) is 17.6 Å². The molecule has 0 bridgehead atoms. The van der Waals surface area contributed by atoms with Gasteiger partial charge in [0, 0.05) is 11.4 Å². The van der Waals surface area contributed by atoms with Crippen molar-refractivity contribution in [1.82, 2.24) is 4.98 Å². The second-order valence-electron chi connectivity index (χ2n) is 6.91. The first kappa shape index (κ1) is 20.0. The molecule has 0 fully saturated rings. The number of aromatic nitrogens is 1. The van der Waals surface area contributed by atoms with Crippen LogP contribution in [0, 0.1) is 5.92 Å². The number of carboxylic acid groups (broad SMARTS) is 1. The fourth-order valence-electron chi connectivity index (χ4n) is 3.21. The van der Waals surface area contributed by atoms with Crippen molar-refractivity contribution in [3.8, 4) is 11.1 Å². The minimum atomic E-state index is -0.837. The van der Waals surface area contributed by atoms with Crippen LogP contribution >= 0.6 is 12.6 Å². The molecule has 0 aliphatic rings. The summed E-state index contributed by atoms with van der Waals surface area (Å²) in [6, 6.07) is 22.1. The summed E-state index contributed by atoms with van der Waals surface area (Å²) < 4.78 is 0. The Labute approximate surface area is 170 Å². The van der Waals surface area contributed by atoms with Crippen molar-refractivity contribution in [3.05, 3.63) is 84.1 Å². The first-order valence-electron chi connectivity index (χ1n) is 9.28. The van der Waals surface area contributed by atoms with Crippen molar-refractivity contribution in [2.24, 2.45) is 5.92 Å². The van der Waals surface area contributed by atoms with Gasteiger partial charge in [0.05, 0.1) is 5.92 Å². The lowest BCUT2D eigenvalue weighted by Crippen LogP contribution is -2.27. The van der Waals surface area contributed by atoms with E-state index in [1.165, 1.54) is 16.7 Å². The Balaban J connectivity index is 1.60. The molecule has 0 aliphatic heterocycles. The highest BCUT2D eigenvalue weighted by Crippen LogP contribution is 2.24. The molecule has 0 saturated carbocycles. The van der Waals surface area contributed by atoms with E-state index in [-0.39, 0.29) is 5.25 Å². The van der Waals surface area contributed by atoms with E-state index < -0.39 is 11.9 Å². The molecule has 2 aromatic carbocycles. The number of aliphatic carboxylic acids is 1. The van der Waals surface area contributed by atoms with E-state index in [9.17, 15) is 9.90 Å². The van der Waals surface area contributed by atoms with E-state index >= 15 is 0 Å². The summed E-state index contributed by atoms with van der Waals surface area (Å²) >= 11 is 4.60. The SMILES string of the molecule is Nc1ccc(CC(C(=O)O)C(S)CCc2ccc(-c3ccccc3)cc2)cn1. The Morgan fingerprint density at radius 1 is 0.964 bits per heavy atom. The van der Waals surface area contributed by atoms with Gasteiger partial charge in [-0.2, -0.15) is 12.6 Å². The van der Waals surface area contributed by atoms with Crippen molar-refractivity contribution in [3.63, 3.8) is 0 Å². The van der Waals surface area contributed by atoms with Crippen LogP contribution in [0.3, 0.4) is 0 Å². The molecular formula is C23H24N2O2S. The minimum Gasteiger partial charge on any atom is -0.481 e. The van der Waals surface area contributed by atoms with Crippen LogP contribution < -0.4 is 5.73 Å². The van der Waals surface area contributed by atoms with E-state index in [4.69, 9.17) is 5.73 Å². The summed E-state index contributed by atoms with van der Waals surface area (Å²) in [5.41, 5.74) is 9.98. The summed E-state index contributed by atoms with van der Waals surface area (Å²) in [5, 5.41) is 9.38. The molecule has 0 spiro atoms. The molecule has 144 valence electrons. The van der Waals surface area contributed by atoms with Crippen LogP contribution in [-0.4, -0.2) is 21.3 Å². The van der Waals surface area contributed by atoms with Gasteiger partial charge in [-0.25, -0.2) is 4.98 Å². The highest BCUT2D eigenvalue weighted by atomic mass is 32.1. The lowest BCUT2D eigenvalue weighted by molar-refractivity contribution is -0.141. The van der Waals surface area contributed by atoms with Crippen LogP contribution in [0.1, 0.15) is 17.5 Å². The molecule has 1 heterocycles. The predicted molar refractivity (Wildman–Crippen MR) is 116 cm³/mol. The van der Waals surface area contributed by atoms with E-state index in [0.717, 1.165) is 12.0 Å². The Kier molecular flexibility index (Phi) is 6.71. The number of aryl methyl sites for hydroxylation is 1. The van der Waals surface area contributed by atoms with Gasteiger partial charge >= 0.3 is 5.97 Å². The molecule has 3 rings (SSSR count). The average molecular weight is 393 g/mol. The Morgan fingerprint density at radius 2 is 1.61 bits per heavy atom. The topological polar surface area (TPSA) is 76.2 Å². The first-order chi connectivity index (χ1) is 13.5. The molecule has 5 heteroatoms. The molecule has 0 saturated heterocycles. The number of benzene rings is 2. The second kappa shape index (κ2) is 9.42. The van der Waals surface area contributed by atoms with E-state index in [0.29, 0.717) is 18.7 Å². The molecule has 1 aromatic heterocycles. The summed E-state index contributed by atoms with van der Waals surface area (Å²) in [7, 11) is 0. The first-order valence-corrected chi connectivity index (χ1v) is 9.80. The van der Waals surface area contributed by atoms with Crippen molar-refractivity contribution in [1.29, 1.82) is 0 Å². The number of thiol groups is 1. The lowest BCUT2D eigenvalue weighted by atomic mass is 9.92. The number of anilines is 1. The highest BCUT2D eigenvalue weighted by Gasteiger charge is 2.25. The van der Waals surface area contributed by atoms with Crippen LogP contribution in [0.4, 0.5) is 5.82 Å². The molecule has 3 aromatic rings. The van der Waals surface area contributed by atoms with Gasteiger partial charge in [-0.05, 0) is 47.6 Å². The molecule has 0 amide bonds. The van der Waals surface area contributed by atoms with E-state index in [1.807, 2.05) is 24.3 Å². The minimum absolute atomic E-state index is 0.246. The average Bonchev–Trinajstić information content (AvgIpc) is 2.72. The number of hydrogen-bond acceptors (Lipinski definition) is 4. The van der Waals surface area contributed by atoms with Gasteiger partial charge in [0.2, 0.25) is 0 Å². The number of carbonyl (C=O) groups is 1. The molecule has 28 heavy (non-hydrogen) atoms. The smallest absolute Gasteiger partial charge is 0.307 e. The van der Waals surface area contributed by atoms with Crippen molar-refractivity contribution in [2.75, 3.05) is 5.73 Å². The number of nitrogens with zero attached hydrogens (tertiary/aromatic N) is 1. The van der Waals surface area contributed by atoms with Gasteiger partial charge in [0.15, 0.2) is 0 Å². The van der Waals surface area contributed by atoms with E-state index in [2.05, 4.69) is 54.0 Å². The highest BCUT2D eigenvalue weighted by molar-refractivity contribution is 7.81. The number of carboxylic acids is 1. The zero-order chi connectivity index (χ0) is 19.9. The molecule has 0 aliphatic carbocycles. The van der Waals surface area contributed by atoms with Gasteiger partial charge in [-0.3, -0.25) is 4.79 Å². The van der Waals surface area contributed by atoms with Crippen molar-refractivity contribution in [2.45, 2.75) is 24.5 Å². The van der Waals surface area contributed by atoms with Crippen molar-refractivity contribution >= 4 is 24.4 Å². The van der Waals surface area contributed by atoms with E-state index in [1.54, 1.807) is 12.3 Å². The molecule has 0 radical (unpaired) electrons. The monoisotopic (exact) mass is 392 g/mol. The zero-order valence-electron chi connectivity index (χ0n) is 15.5. The zero-order valence-corrected chi connectivity index (χ0v) is 16.4. The number of pyridine rings is 1. The largest absolute Gasteiger partial charge is 0.481 e. The maximum absolute atomic E-state index is 11.7. The molecule has 2 unspecified atom stereocenters. The fourth-order valence-corrected chi connectivity index (χ4v) is 3.57. The number of hydrogen-bond donors (Lipinski definition) is 3. The van der Waals surface area contributed by atoms with Gasteiger partial charge in [0.1, 0.15) is 5.82 Å². The summed E-state index contributed by atoms with van der Waals surface area (Å²) in [6.45, 7) is 0. The Hall–Kier alpha value is -2.79. The molecular weight excluding hydrogens is 368 g/mol. The maximum Gasteiger partial charge on any atom is 0.307 e. The second-order valence-corrected chi connectivity index (χ2v) is 7.57. The third kappa shape index (κ3) is 5.36. The lowest BCUT2D eigenvalue weighted by Gasteiger charge is -2.19. The number of rotatable bonds is 8. The van der Waals surface area contributed by atoms with Crippen LogP contribution in [0.15, 0.2) is 72.9 Å². The maximum atomic E-state index is 11.7. The standard InChI is InChI=1S/C23H24N2O2S/c24-22-13-9-17(15-25-22)14-20(23(26)27)21(28)12-8-16-6-10-19(11-7-16)18-4-2-1-3-5-18/h1-7,9-11,13,15,20-21,28H,8,12,14H2,(H2,24,25)(H,26,27). The third-order valence-electron chi connectivity index (χ3n) is 4.87. The summed E-state index contributed by atoms with van der Waals surface area (Å²) in [5.74, 6) is -0.981. The fraction of sp³-hybridized carbons (Fsp3) is 0.217. The van der Waals surface area contributed by atoms with Gasteiger partial charge < -0.3 is 10.8 Å². The molecule has 4 nitrogen and oxygen atoms in total. The van der Waals surface area contributed by atoms with Gasteiger partial charge in [-0.1, -0.05) is 60.7 Å². The summed E-state index contributed by atoms with van der Waals surface area (Å²) in [4.78, 5) is 15.8. The quantitative estimate of drug-likeness (QED) is 0.493. The Bertz CT molecular complexity index is 896. The number of nitrogens with two attached hydrogens (primary N) is 1. The normalized spacial score (nSPS) is 13.0. The van der Waals surface area contributed by atoms with Crippen molar-refractivity contribution < 1.29 is 9.90 Å². The number of nitrogen functional groups attached to an aromatic ring is 1. The molecule has 2 atom stereocenters. The Morgan fingerprint density at radius 3 is 2.21 bits per heavy atom. The van der Waals surface area contributed by atoms with Gasteiger partial charge in [-0.15, -0.1) is 0 Å². The van der Waals surface area contributed by atoms with Crippen LogP contribution in [0.5, 0.6) is 0 Å². The molecule has 3 N–H and O–H groups in total. The predicted octanol–water partition coefficient (Wildman–Crippen LogP) is 4.51. The van der Waals surface area contributed by atoms with Crippen LogP contribution in [0.25, 0.3) is 11.1 Å². The van der Waals surface area contributed by atoms with Gasteiger partial charge in [0.25, 0.3) is 0 Å².